The Labute approximate surface area is 107 Å². The molecule has 4 heteroatoms. The molecule has 1 aromatic carbocycles. The molecule has 1 amide bonds. The molecule has 0 bridgehead atoms. The fourth-order valence-electron chi connectivity index (χ4n) is 2.19. The normalized spacial score (nSPS) is 23.7. The molecule has 0 aliphatic carbocycles. The average Bonchev–Trinajstić information content (AvgIpc) is 2.71. The highest BCUT2D eigenvalue weighted by atomic mass is 35.5. The number of halogens is 1. The fourth-order valence-corrected chi connectivity index (χ4v) is 2.36. The molecule has 2 atom stereocenters. The van der Waals surface area contributed by atoms with Crippen LogP contribution in [0.2, 0.25) is 5.02 Å². The maximum Gasteiger partial charge on any atom is 0.229 e. The molecular weight excluding hydrogens is 236 g/mol. The van der Waals surface area contributed by atoms with Crippen molar-refractivity contribution in [3.63, 3.8) is 0 Å². The first-order valence-corrected chi connectivity index (χ1v) is 6.26. The van der Waals surface area contributed by atoms with Crippen molar-refractivity contribution in [3.05, 3.63) is 28.8 Å². The fraction of sp³-hybridized carbons (Fsp3) is 0.462. The van der Waals surface area contributed by atoms with Gasteiger partial charge in [-0.3, -0.25) is 4.79 Å². The van der Waals surface area contributed by atoms with Crippen LogP contribution in [-0.2, 0) is 4.79 Å². The third-order valence-corrected chi connectivity index (χ3v) is 3.80. The largest absolute Gasteiger partial charge is 0.326 e. The van der Waals surface area contributed by atoms with Gasteiger partial charge < -0.3 is 10.6 Å². The number of benzene rings is 1. The zero-order chi connectivity index (χ0) is 12.4. The Balaban J connectivity index is 2.10. The third-order valence-electron chi connectivity index (χ3n) is 3.39. The predicted octanol–water partition coefficient (Wildman–Crippen LogP) is 2.58. The summed E-state index contributed by atoms with van der Waals surface area (Å²) in [4.78, 5) is 12.1. The lowest BCUT2D eigenvalue weighted by atomic mass is 10.0. The molecule has 1 fully saturated rings. The van der Waals surface area contributed by atoms with Gasteiger partial charge in [0, 0.05) is 16.8 Å². The number of hydrogen-bond donors (Lipinski definition) is 2. The molecule has 1 aliphatic heterocycles. The van der Waals surface area contributed by atoms with Gasteiger partial charge in [0.2, 0.25) is 5.91 Å². The minimum atomic E-state index is 0.0494. The molecule has 1 aromatic rings. The van der Waals surface area contributed by atoms with Crippen LogP contribution in [0.1, 0.15) is 18.9 Å². The number of anilines is 1. The predicted molar refractivity (Wildman–Crippen MR) is 70.4 cm³/mol. The Bertz CT molecular complexity index is 433. The van der Waals surface area contributed by atoms with E-state index in [0.717, 1.165) is 24.2 Å². The van der Waals surface area contributed by atoms with E-state index in [0.29, 0.717) is 5.02 Å². The molecule has 0 aromatic heterocycles. The zero-order valence-corrected chi connectivity index (χ0v) is 10.8. The number of nitrogens with one attached hydrogen (secondary N) is 2. The summed E-state index contributed by atoms with van der Waals surface area (Å²) in [5.74, 6) is 0.126. The molecule has 3 nitrogen and oxygen atoms in total. The Hall–Kier alpha value is -1.06. The summed E-state index contributed by atoms with van der Waals surface area (Å²) in [7, 11) is 0. The van der Waals surface area contributed by atoms with Crippen molar-refractivity contribution in [2.24, 2.45) is 5.92 Å². The van der Waals surface area contributed by atoms with Crippen LogP contribution in [0.3, 0.4) is 0 Å². The van der Waals surface area contributed by atoms with Crippen LogP contribution in [0.4, 0.5) is 5.69 Å². The molecule has 1 heterocycles. The number of carbonyl (C=O) groups excluding carboxylic acids is 1. The Morgan fingerprint density at radius 1 is 1.53 bits per heavy atom. The second-order valence-electron chi connectivity index (χ2n) is 4.54. The van der Waals surface area contributed by atoms with Crippen molar-refractivity contribution >= 4 is 23.2 Å². The van der Waals surface area contributed by atoms with Crippen LogP contribution in [0.15, 0.2) is 18.2 Å². The number of carbonyl (C=O) groups is 1. The highest BCUT2D eigenvalue weighted by Crippen LogP contribution is 2.24. The first-order chi connectivity index (χ1) is 8.09. The van der Waals surface area contributed by atoms with Crippen molar-refractivity contribution in [2.75, 3.05) is 11.9 Å². The van der Waals surface area contributed by atoms with Crippen molar-refractivity contribution in [1.29, 1.82) is 0 Å². The lowest BCUT2D eigenvalue weighted by Crippen LogP contribution is -2.32. The van der Waals surface area contributed by atoms with Crippen molar-refractivity contribution < 1.29 is 4.79 Å². The van der Waals surface area contributed by atoms with E-state index in [1.807, 2.05) is 32.0 Å². The summed E-state index contributed by atoms with van der Waals surface area (Å²) in [5, 5.41) is 6.92. The van der Waals surface area contributed by atoms with Crippen LogP contribution in [0, 0.1) is 12.8 Å². The van der Waals surface area contributed by atoms with E-state index in [1.165, 1.54) is 0 Å². The summed E-state index contributed by atoms with van der Waals surface area (Å²) in [5.41, 5.74) is 1.72. The maximum atomic E-state index is 12.1. The SMILES string of the molecule is Cc1c(Cl)cccc1NC(=O)C1CCNC1C. The molecule has 92 valence electrons. The van der Waals surface area contributed by atoms with Crippen molar-refractivity contribution in [2.45, 2.75) is 26.3 Å². The molecular formula is C13H17ClN2O. The van der Waals surface area contributed by atoms with E-state index < -0.39 is 0 Å². The van der Waals surface area contributed by atoms with Gasteiger partial charge in [-0.1, -0.05) is 17.7 Å². The van der Waals surface area contributed by atoms with Crippen LogP contribution >= 0.6 is 11.6 Å². The van der Waals surface area contributed by atoms with Crippen LogP contribution < -0.4 is 10.6 Å². The second kappa shape index (κ2) is 5.07. The highest BCUT2D eigenvalue weighted by Gasteiger charge is 2.29. The molecule has 0 saturated carbocycles. The summed E-state index contributed by atoms with van der Waals surface area (Å²) >= 11 is 6.02. The van der Waals surface area contributed by atoms with Gasteiger partial charge in [-0.25, -0.2) is 0 Å². The van der Waals surface area contributed by atoms with Crippen LogP contribution in [0.25, 0.3) is 0 Å². The van der Waals surface area contributed by atoms with E-state index in [-0.39, 0.29) is 17.9 Å². The molecule has 1 aliphatic rings. The van der Waals surface area contributed by atoms with E-state index in [4.69, 9.17) is 11.6 Å². The molecule has 2 rings (SSSR count). The topological polar surface area (TPSA) is 41.1 Å². The standard InChI is InChI=1S/C13H17ClN2O/c1-8-11(14)4-3-5-12(8)16-13(17)10-6-7-15-9(10)2/h3-5,9-10,15H,6-7H2,1-2H3,(H,16,17). The molecule has 2 unspecified atom stereocenters. The lowest BCUT2D eigenvalue weighted by molar-refractivity contribution is -0.120. The van der Waals surface area contributed by atoms with Gasteiger partial charge in [-0.2, -0.15) is 0 Å². The van der Waals surface area contributed by atoms with Gasteiger partial charge in [0.1, 0.15) is 0 Å². The Morgan fingerprint density at radius 3 is 2.94 bits per heavy atom. The van der Waals surface area contributed by atoms with Gasteiger partial charge in [-0.15, -0.1) is 0 Å². The lowest BCUT2D eigenvalue weighted by Gasteiger charge is -2.16. The summed E-state index contributed by atoms with van der Waals surface area (Å²) in [6, 6.07) is 5.80. The molecule has 0 radical (unpaired) electrons. The monoisotopic (exact) mass is 252 g/mol. The summed E-state index contributed by atoms with van der Waals surface area (Å²) < 4.78 is 0. The van der Waals surface area contributed by atoms with Crippen LogP contribution in [0.5, 0.6) is 0 Å². The van der Waals surface area contributed by atoms with E-state index in [9.17, 15) is 4.79 Å². The van der Waals surface area contributed by atoms with E-state index in [1.54, 1.807) is 0 Å². The molecule has 0 spiro atoms. The average molecular weight is 253 g/mol. The molecule has 17 heavy (non-hydrogen) atoms. The quantitative estimate of drug-likeness (QED) is 0.850. The van der Waals surface area contributed by atoms with Gasteiger partial charge in [0.05, 0.1) is 5.92 Å². The Kier molecular flexibility index (Phi) is 3.69. The van der Waals surface area contributed by atoms with E-state index in [2.05, 4.69) is 10.6 Å². The molecule has 2 N–H and O–H groups in total. The van der Waals surface area contributed by atoms with Gasteiger partial charge in [0.25, 0.3) is 0 Å². The first kappa shape index (κ1) is 12.4. The first-order valence-electron chi connectivity index (χ1n) is 5.89. The van der Waals surface area contributed by atoms with Crippen molar-refractivity contribution in [3.8, 4) is 0 Å². The minimum Gasteiger partial charge on any atom is -0.326 e. The number of rotatable bonds is 2. The summed E-state index contributed by atoms with van der Waals surface area (Å²) in [6.07, 6.45) is 0.895. The van der Waals surface area contributed by atoms with Gasteiger partial charge in [0.15, 0.2) is 0 Å². The smallest absolute Gasteiger partial charge is 0.229 e. The van der Waals surface area contributed by atoms with Gasteiger partial charge in [-0.05, 0) is 44.5 Å². The van der Waals surface area contributed by atoms with Crippen LogP contribution in [-0.4, -0.2) is 18.5 Å². The number of hydrogen-bond acceptors (Lipinski definition) is 2. The van der Waals surface area contributed by atoms with Crippen molar-refractivity contribution in [1.82, 2.24) is 5.32 Å². The Morgan fingerprint density at radius 2 is 2.29 bits per heavy atom. The summed E-state index contributed by atoms with van der Waals surface area (Å²) in [6.45, 7) is 4.87. The van der Waals surface area contributed by atoms with Gasteiger partial charge >= 0.3 is 0 Å². The maximum absolute atomic E-state index is 12.1. The zero-order valence-electron chi connectivity index (χ0n) is 10.1. The number of amides is 1. The minimum absolute atomic E-state index is 0.0494. The molecule has 1 saturated heterocycles. The second-order valence-corrected chi connectivity index (χ2v) is 4.95. The third kappa shape index (κ3) is 2.61. The van der Waals surface area contributed by atoms with E-state index >= 15 is 0 Å². The highest BCUT2D eigenvalue weighted by molar-refractivity contribution is 6.31.